The Kier molecular flexibility index (Phi) is 5.40. The van der Waals surface area contributed by atoms with Crippen LogP contribution >= 0.6 is 11.3 Å². The van der Waals surface area contributed by atoms with Crippen LogP contribution in [0.4, 0.5) is 5.13 Å². The van der Waals surface area contributed by atoms with Crippen molar-refractivity contribution in [3.8, 4) is 0 Å². The summed E-state index contributed by atoms with van der Waals surface area (Å²) in [5.41, 5.74) is 2.08. The fourth-order valence-electron chi connectivity index (χ4n) is 4.17. The van der Waals surface area contributed by atoms with Crippen molar-refractivity contribution in [2.75, 3.05) is 12.0 Å². The first kappa shape index (κ1) is 22.4. The number of pyridine rings is 1. The number of aliphatic hydroxyl groups excluding tert-OH is 1. The third-order valence-electron chi connectivity index (χ3n) is 5.74. The Morgan fingerprint density at radius 2 is 1.83 bits per heavy atom. The fraction of sp³-hybridized carbons (Fsp3) is 0.167. The molecule has 1 aliphatic heterocycles. The lowest BCUT2D eigenvalue weighted by atomic mass is 9.95. The van der Waals surface area contributed by atoms with Gasteiger partial charge in [0.1, 0.15) is 16.3 Å². The number of aliphatic hydroxyl groups is 1. The highest BCUT2D eigenvalue weighted by Gasteiger charge is 2.48. The first-order chi connectivity index (χ1) is 16.8. The highest BCUT2D eigenvalue weighted by molar-refractivity contribution is 7.15. The number of aromatic nitrogens is 4. The molecule has 176 valence electrons. The van der Waals surface area contributed by atoms with E-state index in [9.17, 15) is 19.5 Å². The zero-order chi connectivity index (χ0) is 24.9. The normalized spacial score (nSPS) is 17.3. The summed E-state index contributed by atoms with van der Waals surface area (Å²) in [5, 5.41) is 20.4. The van der Waals surface area contributed by atoms with Gasteiger partial charge in [-0.3, -0.25) is 18.9 Å². The van der Waals surface area contributed by atoms with Gasteiger partial charge in [0.05, 0.1) is 30.0 Å². The molecule has 1 atom stereocenters. The van der Waals surface area contributed by atoms with Gasteiger partial charge in [-0.1, -0.05) is 29.5 Å². The summed E-state index contributed by atoms with van der Waals surface area (Å²) < 4.78 is 6.42. The summed E-state index contributed by atoms with van der Waals surface area (Å²) in [5.74, 6) is -2.57. The molecule has 1 amide bonds. The summed E-state index contributed by atoms with van der Waals surface area (Å²) in [7, 11) is 1.28. The average molecular weight is 490 g/mol. The van der Waals surface area contributed by atoms with E-state index in [2.05, 4.69) is 15.2 Å². The highest BCUT2D eigenvalue weighted by Crippen LogP contribution is 2.43. The number of aryl methyl sites for hydroxylation is 2. The van der Waals surface area contributed by atoms with Crippen molar-refractivity contribution in [1.29, 1.82) is 0 Å². The lowest BCUT2D eigenvalue weighted by Crippen LogP contribution is -2.29. The number of hydrogen-bond donors (Lipinski definition) is 1. The van der Waals surface area contributed by atoms with Gasteiger partial charge < -0.3 is 9.84 Å². The summed E-state index contributed by atoms with van der Waals surface area (Å²) in [6.07, 6.45) is 1.72. The molecular weight excluding hydrogens is 470 g/mol. The Balaban J connectivity index is 1.75. The molecule has 1 N–H and O–H groups in total. The minimum atomic E-state index is -0.997. The molecule has 1 aromatic carbocycles. The molecule has 1 aliphatic rings. The minimum Gasteiger partial charge on any atom is -0.505 e. The number of fused-ring (bicyclic) bond motifs is 1. The van der Waals surface area contributed by atoms with E-state index in [4.69, 9.17) is 4.74 Å². The third kappa shape index (κ3) is 3.56. The van der Waals surface area contributed by atoms with Crippen molar-refractivity contribution in [3.05, 3.63) is 81.8 Å². The van der Waals surface area contributed by atoms with Gasteiger partial charge >= 0.3 is 11.9 Å². The number of carbonyl (C=O) groups excluding carboxylic acids is 3. The largest absolute Gasteiger partial charge is 0.505 e. The maximum absolute atomic E-state index is 13.3. The Labute approximate surface area is 203 Å². The zero-order valence-electron chi connectivity index (χ0n) is 18.9. The summed E-state index contributed by atoms with van der Waals surface area (Å²) in [4.78, 5) is 44.1. The van der Waals surface area contributed by atoms with Crippen LogP contribution in [-0.4, -0.2) is 49.5 Å². The summed E-state index contributed by atoms with van der Waals surface area (Å²) >= 11 is 1.15. The number of methoxy groups -OCH3 is 1. The van der Waals surface area contributed by atoms with E-state index in [1.807, 2.05) is 6.07 Å². The van der Waals surface area contributed by atoms with Crippen molar-refractivity contribution in [1.82, 2.24) is 19.6 Å². The van der Waals surface area contributed by atoms with Crippen LogP contribution in [0.3, 0.4) is 0 Å². The molecule has 10 nitrogen and oxygen atoms in total. The van der Waals surface area contributed by atoms with Gasteiger partial charge in [-0.25, -0.2) is 9.78 Å². The molecule has 0 radical (unpaired) electrons. The number of carbonyl (C=O) groups is 3. The van der Waals surface area contributed by atoms with Crippen LogP contribution in [0, 0.1) is 13.8 Å². The van der Waals surface area contributed by atoms with Crippen LogP contribution in [-0.2, 0) is 14.3 Å². The predicted octanol–water partition coefficient (Wildman–Crippen LogP) is 3.22. The Morgan fingerprint density at radius 1 is 1.09 bits per heavy atom. The van der Waals surface area contributed by atoms with Gasteiger partial charge in [0.15, 0.2) is 5.76 Å². The molecule has 3 aromatic heterocycles. The molecular formula is C24H19N5O5S. The van der Waals surface area contributed by atoms with E-state index in [0.717, 1.165) is 11.3 Å². The maximum atomic E-state index is 13.3. The van der Waals surface area contributed by atoms with Crippen molar-refractivity contribution in [2.24, 2.45) is 0 Å². The molecule has 0 aliphatic carbocycles. The number of ketones is 1. The van der Waals surface area contributed by atoms with Crippen molar-refractivity contribution in [3.63, 3.8) is 0 Å². The van der Waals surface area contributed by atoms with E-state index in [0.29, 0.717) is 33.2 Å². The number of hydrogen-bond acceptors (Lipinski definition) is 9. The molecule has 0 bridgehead atoms. The van der Waals surface area contributed by atoms with Crippen molar-refractivity contribution in [2.45, 2.75) is 19.9 Å². The molecule has 0 spiro atoms. The molecule has 1 unspecified atom stereocenters. The number of rotatable bonds is 4. The van der Waals surface area contributed by atoms with Gasteiger partial charge in [0.25, 0.3) is 5.78 Å². The fourth-order valence-corrected chi connectivity index (χ4v) is 4.89. The first-order valence-electron chi connectivity index (χ1n) is 10.5. The lowest BCUT2D eigenvalue weighted by molar-refractivity contribution is -0.132. The molecule has 35 heavy (non-hydrogen) atoms. The summed E-state index contributed by atoms with van der Waals surface area (Å²) in [6, 6.07) is 10.6. The van der Waals surface area contributed by atoms with Crippen LogP contribution in [0.1, 0.15) is 38.4 Å². The monoisotopic (exact) mass is 489 g/mol. The maximum Gasteiger partial charge on any atom is 0.337 e. The molecule has 1 saturated heterocycles. The highest BCUT2D eigenvalue weighted by atomic mass is 32.1. The van der Waals surface area contributed by atoms with E-state index in [-0.39, 0.29) is 16.5 Å². The van der Waals surface area contributed by atoms with Gasteiger partial charge in [-0.05, 0) is 43.7 Å². The smallest absolute Gasteiger partial charge is 0.337 e. The van der Waals surface area contributed by atoms with Gasteiger partial charge in [-0.2, -0.15) is 0 Å². The second-order valence-electron chi connectivity index (χ2n) is 7.86. The number of nitrogens with zero attached hydrogens (tertiary/aromatic N) is 5. The topological polar surface area (TPSA) is 127 Å². The second kappa shape index (κ2) is 8.44. The lowest BCUT2D eigenvalue weighted by Gasteiger charge is -2.22. The SMILES string of the molecule is COC(=O)c1ccc(C2/C(=C(\O)c3c(C)nc4ccccn34)C(=O)C(=O)N2c2nnc(C)s2)cc1. The van der Waals surface area contributed by atoms with E-state index < -0.39 is 23.7 Å². The van der Waals surface area contributed by atoms with Crippen molar-refractivity contribution >= 4 is 45.5 Å². The van der Waals surface area contributed by atoms with Crippen LogP contribution < -0.4 is 4.90 Å². The molecule has 4 aromatic rings. The summed E-state index contributed by atoms with van der Waals surface area (Å²) in [6.45, 7) is 3.45. The Morgan fingerprint density at radius 3 is 2.49 bits per heavy atom. The molecule has 1 fully saturated rings. The average Bonchev–Trinajstić information content (AvgIpc) is 3.51. The number of anilines is 1. The molecule has 11 heteroatoms. The number of esters is 1. The van der Waals surface area contributed by atoms with Crippen LogP contribution in [0.15, 0.2) is 54.2 Å². The third-order valence-corrected chi connectivity index (χ3v) is 6.58. The van der Waals surface area contributed by atoms with Crippen LogP contribution in [0.25, 0.3) is 11.4 Å². The first-order valence-corrected chi connectivity index (χ1v) is 11.4. The zero-order valence-corrected chi connectivity index (χ0v) is 19.7. The quantitative estimate of drug-likeness (QED) is 0.200. The Hall–Kier alpha value is -4.38. The van der Waals surface area contributed by atoms with Gasteiger partial charge in [-0.15, -0.1) is 10.2 Å². The molecule has 0 saturated carbocycles. The van der Waals surface area contributed by atoms with Crippen LogP contribution in [0.2, 0.25) is 0 Å². The van der Waals surface area contributed by atoms with E-state index in [1.165, 1.54) is 24.1 Å². The molecule has 5 rings (SSSR count). The number of amides is 1. The van der Waals surface area contributed by atoms with Crippen LogP contribution in [0.5, 0.6) is 0 Å². The number of Topliss-reactive ketones (excluding diaryl/α,β-unsaturated/α-hetero) is 1. The van der Waals surface area contributed by atoms with Gasteiger partial charge in [0, 0.05) is 6.20 Å². The second-order valence-corrected chi connectivity index (χ2v) is 9.02. The van der Waals surface area contributed by atoms with Gasteiger partial charge in [0.2, 0.25) is 5.13 Å². The number of ether oxygens (including phenoxy) is 1. The number of imidazole rings is 1. The Bertz CT molecular complexity index is 1540. The minimum absolute atomic E-state index is 0.109. The number of benzene rings is 1. The molecule has 4 heterocycles. The predicted molar refractivity (Wildman–Crippen MR) is 127 cm³/mol. The van der Waals surface area contributed by atoms with E-state index in [1.54, 1.807) is 48.7 Å². The standard InChI is InChI=1S/C24H19N5O5S/c1-12-18(28-11-5-4-6-16(28)25-12)20(30)17-19(14-7-9-15(10-8-14)23(33)34-3)29(22(32)21(17)31)24-27-26-13(2)35-24/h4-11,19,30H,1-3H3/b20-17+. The van der Waals surface area contributed by atoms with E-state index >= 15 is 0 Å². The van der Waals surface area contributed by atoms with Crippen molar-refractivity contribution < 1.29 is 24.2 Å².